The molecule has 1 heterocycles. The van der Waals surface area contributed by atoms with Crippen molar-refractivity contribution in [3.8, 4) is 11.3 Å². The number of aryl methyl sites for hydroxylation is 1. The molecule has 3 N–H and O–H groups in total. The largest absolute Gasteiger partial charge is 0.382 e. The summed E-state index contributed by atoms with van der Waals surface area (Å²) >= 11 is 3.25. The van der Waals surface area contributed by atoms with Gasteiger partial charge in [0.1, 0.15) is 11.6 Å². The van der Waals surface area contributed by atoms with Crippen LogP contribution in [0.1, 0.15) is 11.1 Å². The molecule has 0 bridgehead atoms. The lowest BCUT2D eigenvalue weighted by molar-refractivity contribution is 0.620. The van der Waals surface area contributed by atoms with Gasteiger partial charge in [0.15, 0.2) is 0 Å². The Morgan fingerprint density at radius 3 is 2.62 bits per heavy atom. The lowest BCUT2D eigenvalue weighted by atomic mass is 10.0. The van der Waals surface area contributed by atoms with Gasteiger partial charge in [0.25, 0.3) is 0 Å². The smallest absolute Gasteiger partial charge is 0.145 e. The molecule has 0 aliphatic rings. The SMILES string of the molecule is Cc1cc(F)c(Br)c(-c2cc(N)n[nH]2)c1C. The number of aromatic nitrogens is 2. The van der Waals surface area contributed by atoms with E-state index in [1.165, 1.54) is 6.07 Å². The molecule has 0 aliphatic heterocycles. The maximum atomic E-state index is 13.6. The first kappa shape index (κ1) is 11.1. The highest BCUT2D eigenvalue weighted by molar-refractivity contribution is 9.10. The van der Waals surface area contributed by atoms with Crippen molar-refractivity contribution in [3.63, 3.8) is 0 Å². The number of nitrogens with one attached hydrogen (secondary N) is 1. The number of nitrogens with two attached hydrogens (primary N) is 1. The van der Waals surface area contributed by atoms with Gasteiger partial charge < -0.3 is 5.73 Å². The fourth-order valence-electron chi connectivity index (χ4n) is 1.63. The first-order valence-corrected chi connectivity index (χ1v) is 5.56. The summed E-state index contributed by atoms with van der Waals surface area (Å²) in [6.07, 6.45) is 0. The zero-order chi connectivity index (χ0) is 11.9. The molecule has 0 saturated carbocycles. The average Bonchev–Trinajstić information content (AvgIpc) is 2.62. The van der Waals surface area contributed by atoms with Crippen molar-refractivity contribution in [2.45, 2.75) is 13.8 Å². The number of H-pyrrole nitrogens is 1. The van der Waals surface area contributed by atoms with Crippen LogP contribution in [0.5, 0.6) is 0 Å². The Labute approximate surface area is 101 Å². The molecule has 0 aliphatic carbocycles. The molecule has 5 heteroatoms. The van der Waals surface area contributed by atoms with E-state index in [-0.39, 0.29) is 5.82 Å². The molecule has 3 nitrogen and oxygen atoms in total. The maximum Gasteiger partial charge on any atom is 0.145 e. The molecule has 0 spiro atoms. The van der Waals surface area contributed by atoms with E-state index in [0.29, 0.717) is 16.0 Å². The van der Waals surface area contributed by atoms with Crippen LogP contribution in [0.25, 0.3) is 11.3 Å². The predicted molar refractivity (Wildman–Crippen MR) is 65.6 cm³/mol. The zero-order valence-electron chi connectivity index (χ0n) is 8.94. The topological polar surface area (TPSA) is 54.7 Å². The third-order valence-electron chi connectivity index (χ3n) is 2.61. The minimum Gasteiger partial charge on any atom is -0.382 e. The van der Waals surface area contributed by atoms with Gasteiger partial charge in [0.05, 0.1) is 10.2 Å². The lowest BCUT2D eigenvalue weighted by Crippen LogP contribution is -1.93. The summed E-state index contributed by atoms with van der Waals surface area (Å²) in [7, 11) is 0. The molecule has 2 rings (SSSR count). The Balaban J connectivity index is 2.73. The Hall–Kier alpha value is -1.36. The summed E-state index contributed by atoms with van der Waals surface area (Å²) in [4.78, 5) is 0. The molecule has 84 valence electrons. The van der Waals surface area contributed by atoms with E-state index in [1.54, 1.807) is 6.07 Å². The van der Waals surface area contributed by atoms with Gasteiger partial charge in [0, 0.05) is 11.6 Å². The van der Waals surface area contributed by atoms with E-state index in [9.17, 15) is 4.39 Å². The molecular formula is C11H11BrFN3. The first-order valence-electron chi connectivity index (χ1n) is 4.77. The van der Waals surface area contributed by atoms with E-state index in [4.69, 9.17) is 5.73 Å². The van der Waals surface area contributed by atoms with E-state index in [2.05, 4.69) is 26.1 Å². The van der Waals surface area contributed by atoms with Gasteiger partial charge in [-0.3, -0.25) is 5.10 Å². The van der Waals surface area contributed by atoms with Crippen molar-refractivity contribution >= 4 is 21.7 Å². The minimum absolute atomic E-state index is 0.286. The Bertz CT molecular complexity index is 522. The summed E-state index contributed by atoms with van der Waals surface area (Å²) in [6, 6.07) is 3.19. The molecule has 2 aromatic rings. The summed E-state index contributed by atoms with van der Waals surface area (Å²) in [5.74, 6) is 0.106. The van der Waals surface area contributed by atoms with Crippen LogP contribution in [0.3, 0.4) is 0 Å². The zero-order valence-corrected chi connectivity index (χ0v) is 10.5. The van der Waals surface area contributed by atoms with Crippen molar-refractivity contribution in [2.75, 3.05) is 5.73 Å². The van der Waals surface area contributed by atoms with Gasteiger partial charge in [-0.25, -0.2) is 4.39 Å². The second-order valence-electron chi connectivity index (χ2n) is 3.70. The van der Waals surface area contributed by atoms with Crippen LogP contribution in [0, 0.1) is 19.7 Å². The molecule has 1 aromatic carbocycles. The Morgan fingerprint density at radius 1 is 1.38 bits per heavy atom. The average molecular weight is 284 g/mol. The van der Waals surface area contributed by atoms with Crippen LogP contribution >= 0.6 is 15.9 Å². The van der Waals surface area contributed by atoms with E-state index >= 15 is 0 Å². The van der Waals surface area contributed by atoms with E-state index < -0.39 is 0 Å². The molecule has 0 unspecified atom stereocenters. The number of hydrogen-bond acceptors (Lipinski definition) is 2. The molecule has 0 fully saturated rings. The van der Waals surface area contributed by atoms with Crippen molar-refractivity contribution in [2.24, 2.45) is 0 Å². The number of hydrogen-bond donors (Lipinski definition) is 2. The number of aromatic amines is 1. The number of halogens is 2. The van der Waals surface area contributed by atoms with Gasteiger partial charge >= 0.3 is 0 Å². The Morgan fingerprint density at radius 2 is 2.06 bits per heavy atom. The van der Waals surface area contributed by atoms with Crippen LogP contribution in [0.4, 0.5) is 10.2 Å². The van der Waals surface area contributed by atoms with Crippen LogP contribution in [0.2, 0.25) is 0 Å². The standard InChI is InChI=1S/C11H11BrFN3/c1-5-3-7(13)11(12)10(6(5)2)8-4-9(14)16-15-8/h3-4H,1-2H3,(H3,14,15,16). The molecule has 0 atom stereocenters. The fourth-order valence-corrected chi connectivity index (χ4v) is 2.25. The maximum absolute atomic E-state index is 13.6. The monoisotopic (exact) mass is 283 g/mol. The third kappa shape index (κ3) is 1.71. The van der Waals surface area contributed by atoms with Gasteiger partial charge in [0.2, 0.25) is 0 Å². The quantitative estimate of drug-likeness (QED) is 0.845. The van der Waals surface area contributed by atoms with Crippen molar-refractivity contribution in [1.29, 1.82) is 0 Å². The fraction of sp³-hybridized carbons (Fsp3) is 0.182. The molecule has 16 heavy (non-hydrogen) atoms. The van der Waals surface area contributed by atoms with Gasteiger partial charge in [-0.2, -0.15) is 5.10 Å². The second kappa shape index (κ2) is 3.90. The summed E-state index contributed by atoms with van der Waals surface area (Å²) in [5.41, 5.74) is 8.91. The van der Waals surface area contributed by atoms with E-state index in [0.717, 1.165) is 16.7 Å². The van der Waals surface area contributed by atoms with Crippen LogP contribution in [-0.2, 0) is 0 Å². The Kier molecular flexibility index (Phi) is 2.71. The molecule has 0 radical (unpaired) electrons. The summed E-state index contributed by atoms with van der Waals surface area (Å²) in [5, 5.41) is 6.63. The second-order valence-corrected chi connectivity index (χ2v) is 4.49. The molecule has 0 amide bonds. The highest BCUT2D eigenvalue weighted by atomic mass is 79.9. The number of nitrogens with zero attached hydrogens (tertiary/aromatic N) is 1. The van der Waals surface area contributed by atoms with Crippen LogP contribution < -0.4 is 5.73 Å². The predicted octanol–water partition coefficient (Wildman–Crippen LogP) is 3.18. The highest BCUT2D eigenvalue weighted by Gasteiger charge is 2.15. The van der Waals surface area contributed by atoms with Gasteiger partial charge in [-0.05, 0) is 47.0 Å². The summed E-state index contributed by atoms with van der Waals surface area (Å²) < 4.78 is 14.0. The summed E-state index contributed by atoms with van der Waals surface area (Å²) in [6.45, 7) is 3.81. The lowest BCUT2D eigenvalue weighted by Gasteiger charge is -2.10. The van der Waals surface area contributed by atoms with Crippen molar-refractivity contribution in [3.05, 3.63) is 33.5 Å². The highest BCUT2D eigenvalue weighted by Crippen LogP contribution is 2.34. The number of nitrogen functional groups attached to an aromatic ring is 1. The van der Waals surface area contributed by atoms with E-state index in [1.807, 2.05) is 13.8 Å². The minimum atomic E-state index is -0.286. The number of rotatable bonds is 1. The number of anilines is 1. The normalized spacial score (nSPS) is 10.8. The molecule has 1 aromatic heterocycles. The molecule has 0 saturated heterocycles. The van der Waals surface area contributed by atoms with Gasteiger partial charge in [-0.1, -0.05) is 0 Å². The van der Waals surface area contributed by atoms with Gasteiger partial charge in [-0.15, -0.1) is 0 Å². The van der Waals surface area contributed by atoms with Crippen molar-refractivity contribution < 1.29 is 4.39 Å². The molecular weight excluding hydrogens is 273 g/mol. The number of benzene rings is 1. The third-order valence-corrected chi connectivity index (χ3v) is 3.38. The first-order chi connectivity index (χ1) is 7.50. The van der Waals surface area contributed by atoms with Crippen LogP contribution in [0.15, 0.2) is 16.6 Å². The van der Waals surface area contributed by atoms with Crippen LogP contribution in [-0.4, -0.2) is 10.2 Å². The van der Waals surface area contributed by atoms with Crippen molar-refractivity contribution in [1.82, 2.24) is 10.2 Å².